The van der Waals surface area contributed by atoms with Gasteiger partial charge in [-0.25, -0.2) is 0 Å². The standard InChI is InChI=1S/C16H13NO3/c1-3-11-5-4-6-12(9-11)17-16(19)14-10-13(20-2)7-8-15(14)18/h1,4-10,18H,2H3,(H,17,19). The predicted molar refractivity (Wildman–Crippen MR) is 77.0 cm³/mol. The van der Waals surface area contributed by atoms with Gasteiger partial charge in [-0.3, -0.25) is 4.79 Å². The molecular weight excluding hydrogens is 254 g/mol. The molecule has 0 bridgehead atoms. The third kappa shape index (κ3) is 2.90. The second kappa shape index (κ2) is 5.81. The van der Waals surface area contributed by atoms with Crippen LogP contribution in [-0.4, -0.2) is 18.1 Å². The Morgan fingerprint density at radius 1 is 1.30 bits per heavy atom. The summed E-state index contributed by atoms with van der Waals surface area (Å²) in [6.45, 7) is 0. The number of amides is 1. The van der Waals surface area contributed by atoms with Crippen molar-refractivity contribution in [2.75, 3.05) is 12.4 Å². The van der Waals surface area contributed by atoms with Gasteiger partial charge in [0.25, 0.3) is 5.91 Å². The van der Waals surface area contributed by atoms with Crippen molar-refractivity contribution in [3.8, 4) is 23.8 Å². The molecule has 4 heteroatoms. The smallest absolute Gasteiger partial charge is 0.259 e. The molecule has 2 aromatic rings. The maximum Gasteiger partial charge on any atom is 0.259 e. The third-order valence-corrected chi connectivity index (χ3v) is 2.74. The van der Waals surface area contributed by atoms with E-state index in [9.17, 15) is 9.90 Å². The molecule has 0 aliphatic rings. The van der Waals surface area contributed by atoms with E-state index in [0.29, 0.717) is 17.0 Å². The van der Waals surface area contributed by atoms with Crippen LogP contribution in [0.5, 0.6) is 11.5 Å². The number of methoxy groups -OCH3 is 1. The highest BCUT2D eigenvalue weighted by atomic mass is 16.5. The number of carbonyl (C=O) groups excluding carboxylic acids is 1. The Kier molecular flexibility index (Phi) is 3.92. The molecule has 0 atom stereocenters. The lowest BCUT2D eigenvalue weighted by Gasteiger charge is -2.08. The number of nitrogens with one attached hydrogen (secondary N) is 1. The molecule has 1 amide bonds. The fraction of sp³-hybridized carbons (Fsp3) is 0.0625. The second-order valence-corrected chi connectivity index (χ2v) is 4.06. The minimum atomic E-state index is -0.435. The van der Waals surface area contributed by atoms with Crippen molar-refractivity contribution >= 4 is 11.6 Å². The lowest BCUT2D eigenvalue weighted by Crippen LogP contribution is -2.12. The molecule has 0 radical (unpaired) electrons. The Labute approximate surface area is 117 Å². The van der Waals surface area contributed by atoms with Crippen molar-refractivity contribution < 1.29 is 14.6 Å². The summed E-state index contributed by atoms with van der Waals surface area (Å²) < 4.78 is 5.03. The summed E-state index contributed by atoms with van der Waals surface area (Å²) in [6, 6.07) is 11.4. The zero-order valence-electron chi connectivity index (χ0n) is 10.9. The Morgan fingerprint density at radius 3 is 2.80 bits per heavy atom. The topological polar surface area (TPSA) is 58.6 Å². The molecule has 2 N–H and O–H groups in total. The SMILES string of the molecule is C#Cc1cccc(NC(=O)c2cc(OC)ccc2O)c1. The van der Waals surface area contributed by atoms with Gasteiger partial charge < -0.3 is 15.2 Å². The number of rotatable bonds is 3. The van der Waals surface area contributed by atoms with Gasteiger partial charge in [-0.15, -0.1) is 6.42 Å². The highest BCUT2D eigenvalue weighted by Gasteiger charge is 2.12. The van der Waals surface area contributed by atoms with Gasteiger partial charge in [0, 0.05) is 11.3 Å². The lowest BCUT2D eigenvalue weighted by molar-refractivity contribution is 0.102. The Hall–Kier alpha value is -2.93. The predicted octanol–water partition coefficient (Wildman–Crippen LogP) is 2.63. The molecule has 0 aromatic heterocycles. The van der Waals surface area contributed by atoms with E-state index in [1.54, 1.807) is 30.3 Å². The number of hydrogen-bond acceptors (Lipinski definition) is 3. The molecule has 0 heterocycles. The molecule has 2 rings (SSSR count). The van der Waals surface area contributed by atoms with Crippen molar-refractivity contribution in [3.63, 3.8) is 0 Å². The first-order chi connectivity index (χ1) is 9.63. The largest absolute Gasteiger partial charge is 0.507 e. The summed E-state index contributed by atoms with van der Waals surface area (Å²) in [7, 11) is 1.49. The summed E-state index contributed by atoms with van der Waals surface area (Å²) in [6.07, 6.45) is 5.30. The lowest BCUT2D eigenvalue weighted by atomic mass is 10.1. The number of phenolic OH excluding ortho intramolecular Hbond substituents is 1. The molecule has 0 unspecified atom stereocenters. The van der Waals surface area contributed by atoms with E-state index in [1.165, 1.54) is 19.2 Å². The normalized spacial score (nSPS) is 9.60. The average Bonchev–Trinajstić information content (AvgIpc) is 2.47. The maximum atomic E-state index is 12.1. The first-order valence-electron chi connectivity index (χ1n) is 5.89. The Morgan fingerprint density at radius 2 is 2.10 bits per heavy atom. The summed E-state index contributed by atoms with van der Waals surface area (Å²) >= 11 is 0. The van der Waals surface area contributed by atoms with Crippen molar-refractivity contribution in [3.05, 3.63) is 53.6 Å². The van der Waals surface area contributed by atoms with Gasteiger partial charge in [0.2, 0.25) is 0 Å². The van der Waals surface area contributed by atoms with Gasteiger partial charge in [-0.2, -0.15) is 0 Å². The van der Waals surface area contributed by atoms with Gasteiger partial charge in [-0.05, 0) is 36.4 Å². The van der Waals surface area contributed by atoms with Crippen LogP contribution in [0, 0.1) is 12.3 Å². The maximum absolute atomic E-state index is 12.1. The Balaban J connectivity index is 2.26. The van der Waals surface area contributed by atoms with E-state index in [0.717, 1.165) is 0 Å². The van der Waals surface area contributed by atoms with E-state index in [2.05, 4.69) is 11.2 Å². The number of hydrogen-bond donors (Lipinski definition) is 2. The molecule has 0 saturated carbocycles. The molecule has 4 nitrogen and oxygen atoms in total. The first kappa shape index (κ1) is 13.5. The highest BCUT2D eigenvalue weighted by molar-refractivity contribution is 6.06. The molecule has 0 spiro atoms. The molecule has 0 aliphatic heterocycles. The van der Waals surface area contributed by atoms with Crippen molar-refractivity contribution in [2.45, 2.75) is 0 Å². The van der Waals surface area contributed by atoms with Gasteiger partial charge in [-0.1, -0.05) is 12.0 Å². The van der Waals surface area contributed by atoms with E-state index < -0.39 is 5.91 Å². The molecule has 0 saturated heterocycles. The minimum Gasteiger partial charge on any atom is -0.507 e. The first-order valence-corrected chi connectivity index (χ1v) is 5.89. The van der Waals surface area contributed by atoms with Crippen LogP contribution in [0.25, 0.3) is 0 Å². The molecule has 0 fully saturated rings. The monoisotopic (exact) mass is 267 g/mol. The van der Waals surface area contributed by atoms with Crippen LogP contribution < -0.4 is 10.1 Å². The van der Waals surface area contributed by atoms with E-state index in [4.69, 9.17) is 11.2 Å². The zero-order chi connectivity index (χ0) is 14.5. The van der Waals surface area contributed by atoms with Crippen LogP contribution in [0.15, 0.2) is 42.5 Å². The van der Waals surface area contributed by atoms with Gasteiger partial charge >= 0.3 is 0 Å². The Bertz CT molecular complexity index is 686. The van der Waals surface area contributed by atoms with Crippen molar-refractivity contribution in [1.82, 2.24) is 0 Å². The van der Waals surface area contributed by atoms with Crippen molar-refractivity contribution in [1.29, 1.82) is 0 Å². The molecule has 2 aromatic carbocycles. The summed E-state index contributed by atoms with van der Waals surface area (Å²) in [5.74, 6) is 2.43. The number of aromatic hydroxyl groups is 1. The van der Waals surface area contributed by atoms with E-state index >= 15 is 0 Å². The number of phenols is 1. The molecule has 0 aliphatic carbocycles. The van der Waals surface area contributed by atoms with Crippen LogP contribution in [0.3, 0.4) is 0 Å². The third-order valence-electron chi connectivity index (χ3n) is 2.74. The fourth-order valence-corrected chi connectivity index (χ4v) is 1.71. The number of carbonyl (C=O) groups is 1. The van der Waals surface area contributed by atoms with Crippen LogP contribution in [-0.2, 0) is 0 Å². The van der Waals surface area contributed by atoms with Gasteiger partial charge in [0.1, 0.15) is 11.5 Å². The molecule has 20 heavy (non-hydrogen) atoms. The highest BCUT2D eigenvalue weighted by Crippen LogP contribution is 2.24. The minimum absolute atomic E-state index is 0.114. The molecule has 100 valence electrons. The van der Waals surface area contributed by atoms with Crippen LogP contribution >= 0.6 is 0 Å². The van der Waals surface area contributed by atoms with Crippen LogP contribution in [0.1, 0.15) is 15.9 Å². The van der Waals surface area contributed by atoms with Crippen LogP contribution in [0.4, 0.5) is 5.69 Å². The summed E-state index contributed by atoms with van der Waals surface area (Å²) in [5, 5.41) is 12.4. The van der Waals surface area contributed by atoms with Crippen molar-refractivity contribution in [2.24, 2.45) is 0 Å². The average molecular weight is 267 g/mol. The number of terminal acetylenes is 1. The van der Waals surface area contributed by atoms with E-state index in [-0.39, 0.29) is 11.3 Å². The fourth-order valence-electron chi connectivity index (χ4n) is 1.71. The quantitative estimate of drug-likeness (QED) is 0.840. The number of benzene rings is 2. The number of ether oxygens (including phenoxy) is 1. The van der Waals surface area contributed by atoms with E-state index in [1.807, 2.05) is 0 Å². The van der Waals surface area contributed by atoms with Gasteiger partial charge in [0.05, 0.1) is 12.7 Å². The van der Waals surface area contributed by atoms with Gasteiger partial charge in [0.15, 0.2) is 0 Å². The number of anilines is 1. The summed E-state index contributed by atoms with van der Waals surface area (Å²) in [4.78, 5) is 12.1. The summed E-state index contributed by atoms with van der Waals surface area (Å²) in [5.41, 5.74) is 1.36. The zero-order valence-corrected chi connectivity index (χ0v) is 10.9. The molecular formula is C16H13NO3. The second-order valence-electron chi connectivity index (χ2n) is 4.06. The van der Waals surface area contributed by atoms with Crippen LogP contribution in [0.2, 0.25) is 0 Å².